The summed E-state index contributed by atoms with van der Waals surface area (Å²) in [6, 6.07) is 1.22. The lowest BCUT2D eigenvalue weighted by atomic mass is 9.81. The molecule has 3 unspecified atom stereocenters. The van der Waals surface area contributed by atoms with E-state index in [-0.39, 0.29) is 6.10 Å². The van der Waals surface area contributed by atoms with Gasteiger partial charge in [0.05, 0.1) is 6.10 Å². The molecule has 0 saturated heterocycles. The monoisotopic (exact) mass is 211 g/mol. The van der Waals surface area contributed by atoms with Crippen molar-refractivity contribution < 1.29 is 5.11 Å². The second-order valence-electron chi connectivity index (χ2n) is 5.62. The summed E-state index contributed by atoms with van der Waals surface area (Å²) in [7, 11) is 0. The molecule has 0 aromatic heterocycles. The number of aliphatic hydroxyl groups is 1. The molecule has 2 saturated carbocycles. The minimum absolute atomic E-state index is 0.0489. The lowest BCUT2D eigenvalue weighted by Gasteiger charge is -2.33. The Bertz CT molecular complexity index is 191. The maximum atomic E-state index is 9.59. The molecule has 2 nitrogen and oxygen atoms in total. The molecule has 3 atom stereocenters. The maximum Gasteiger partial charge on any atom is 0.0555 e. The molecule has 88 valence electrons. The van der Waals surface area contributed by atoms with E-state index in [1.54, 1.807) is 0 Å². The summed E-state index contributed by atoms with van der Waals surface area (Å²) in [6.07, 6.45) is 10.0. The van der Waals surface area contributed by atoms with Crippen LogP contribution in [0.15, 0.2) is 0 Å². The lowest BCUT2D eigenvalue weighted by Crippen LogP contribution is -2.42. The molecule has 0 bridgehead atoms. The molecule has 0 heterocycles. The van der Waals surface area contributed by atoms with Crippen molar-refractivity contribution in [1.29, 1.82) is 0 Å². The molecule has 0 aromatic rings. The van der Waals surface area contributed by atoms with Gasteiger partial charge >= 0.3 is 0 Å². The van der Waals surface area contributed by atoms with Crippen LogP contribution >= 0.6 is 0 Å². The van der Waals surface area contributed by atoms with Gasteiger partial charge in [-0.05, 0) is 44.9 Å². The number of nitrogens with one attached hydrogen (secondary N) is 1. The Balaban J connectivity index is 1.65. The molecule has 0 radical (unpaired) electrons. The van der Waals surface area contributed by atoms with Crippen molar-refractivity contribution in [3.05, 3.63) is 0 Å². The van der Waals surface area contributed by atoms with E-state index in [1.807, 2.05) is 0 Å². The first-order valence-corrected chi connectivity index (χ1v) is 6.68. The second-order valence-corrected chi connectivity index (χ2v) is 5.62. The number of aliphatic hydroxyl groups excluding tert-OH is 1. The van der Waals surface area contributed by atoms with Gasteiger partial charge in [-0.1, -0.05) is 19.3 Å². The first kappa shape index (κ1) is 11.4. The van der Waals surface area contributed by atoms with Gasteiger partial charge in [0, 0.05) is 12.1 Å². The van der Waals surface area contributed by atoms with Crippen LogP contribution in [-0.2, 0) is 0 Å². The summed E-state index contributed by atoms with van der Waals surface area (Å²) in [4.78, 5) is 0. The van der Waals surface area contributed by atoms with Crippen LogP contribution in [0.5, 0.6) is 0 Å². The summed E-state index contributed by atoms with van der Waals surface area (Å²) < 4.78 is 0. The molecular formula is C13H25NO. The van der Waals surface area contributed by atoms with Crippen LogP contribution in [0.2, 0.25) is 0 Å². The average molecular weight is 211 g/mol. The molecule has 2 aliphatic rings. The normalized spacial score (nSPS) is 34.8. The lowest BCUT2D eigenvalue weighted by molar-refractivity contribution is 0.107. The Morgan fingerprint density at radius 1 is 1.20 bits per heavy atom. The predicted molar refractivity (Wildman–Crippen MR) is 62.8 cm³/mol. The standard InChI is InChI=1S/C13H25NO/c1-10(8-11-4-2-5-11)14-12-6-3-7-13(15)9-12/h10-15H,2-9H2,1H3. The molecule has 15 heavy (non-hydrogen) atoms. The highest BCUT2D eigenvalue weighted by atomic mass is 16.3. The maximum absolute atomic E-state index is 9.59. The van der Waals surface area contributed by atoms with Gasteiger partial charge < -0.3 is 10.4 Å². The fraction of sp³-hybridized carbons (Fsp3) is 1.00. The Morgan fingerprint density at radius 3 is 2.53 bits per heavy atom. The molecule has 2 aliphatic carbocycles. The molecule has 2 fully saturated rings. The first-order chi connectivity index (χ1) is 7.24. The van der Waals surface area contributed by atoms with Crippen molar-refractivity contribution in [2.75, 3.05) is 0 Å². The Hall–Kier alpha value is -0.0800. The van der Waals surface area contributed by atoms with Crippen molar-refractivity contribution in [3.63, 3.8) is 0 Å². The van der Waals surface area contributed by atoms with E-state index < -0.39 is 0 Å². The van der Waals surface area contributed by atoms with Crippen molar-refractivity contribution >= 4 is 0 Å². The molecule has 2 heteroatoms. The van der Waals surface area contributed by atoms with Gasteiger partial charge in [0.15, 0.2) is 0 Å². The zero-order chi connectivity index (χ0) is 10.7. The highest BCUT2D eigenvalue weighted by molar-refractivity contribution is 4.81. The molecule has 0 amide bonds. The Labute approximate surface area is 93.5 Å². The predicted octanol–water partition coefficient (Wildman–Crippen LogP) is 2.46. The highest BCUT2D eigenvalue weighted by Crippen LogP contribution is 2.30. The van der Waals surface area contributed by atoms with Crippen LogP contribution in [0.25, 0.3) is 0 Å². The van der Waals surface area contributed by atoms with E-state index in [4.69, 9.17) is 0 Å². The topological polar surface area (TPSA) is 32.3 Å². The summed E-state index contributed by atoms with van der Waals surface area (Å²) >= 11 is 0. The minimum atomic E-state index is -0.0489. The third-order valence-electron chi connectivity index (χ3n) is 4.08. The summed E-state index contributed by atoms with van der Waals surface area (Å²) in [5.41, 5.74) is 0. The van der Waals surface area contributed by atoms with Crippen molar-refractivity contribution in [2.45, 2.75) is 76.5 Å². The minimum Gasteiger partial charge on any atom is -0.393 e. The fourth-order valence-corrected chi connectivity index (χ4v) is 3.01. The van der Waals surface area contributed by atoms with Gasteiger partial charge in [-0.3, -0.25) is 0 Å². The van der Waals surface area contributed by atoms with Gasteiger partial charge in [0.2, 0.25) is 0 Å². The van der Waals surface area contributed by atoms with Gasteiger partial charge in [-0.25, -0.2) is 0 Å². The molecule has 0 aliphatic heterocycles. The summed E-state index contributed by atoms with van der Waals surface area (Å²) in [5.74, 6) is 0.987. The molecule has 2 rings (SSSR count). The summed E-state index contributed by atoms with van der Waals surface area (Å²) in [6.45, 7) is 2.30. The van der Waals surface area contributed by atoms with Crippen LogP contribution in [0, 0.1) is 5.92 Å². The Kier molecular flexibility index (Phi) is 4.04. The van der Waals surface area contributed by atoms with E-state index in [0.29, 0.717) is 12.1 Å². The van der Waals surface area contributed by atoms with Crippen LogP contribution in [0.4, 0.5) is 0 Å². The zero-order valence-electron chi connectivity index (χ0n) is 9.91. The SMILES string of the molecule is CC(CC1CCC1)NC1CCCC(O)C1. The van der Waals surface area contributed by atoms with Crippen LogP contribution < -0.4 is 5.32 Å². The van der Waals surface area contributed by atoms with Crippen LogP contribution in [0.3, 0.4) is 0 Å². The van der Waals surface area contributed by atoms with Crippen LogP contribution in [0.1, 0.15) is 58.3 Å². The first-order valence-electron chi connectivity index (χ1n) is 6.68. The summed E-state index contributed by atoms with van der Waals surface area (Å²) in [5, 5.41) is 13.3. The van der Waals surface area contributed by atoms with Gasteiger partial charge in [-0.15, -0.1) is 0 Å². The quantitative estimate of drug-likeness (QED) is 0.748. The third-order valence-corrected chi connectivity index (χ3v) is 4.08. The largest absolute Gasteiger partial charge is 0.393 e. The van der Waals surface area contributed by atoms with E-state index in [9.17, 15) is 5.11 Å². The Morgan fingerprint density at radius 2 is 1.93 bits per heavy atom. The smallest absolute Gasteiger partial charge is 0.0555 e. The third kappa shape index (κ3) is 3.46. The van der Waals surface area contributed by atoms with E-state index in [1.165, 1.54) is 38.5 Å². The van der Waals surface area contributed by atoms with E-state index in [0.717, 1.165) is 18.8 Å². The molecule has 2 N–H and O–H groups in total. The fourth-order valence-electron chi connectivity index (χ4n) is 3.01. The van der Waals surface area contributed by atoms with E-state index >= 15 is 0 Å². The van der Waals surface area contributed by atoms with Gasteiger partial charge in [0.1, 0.15) is 0 Å². The number of hydrogen-bond acceptors (Lipinski definition) is 2. The van der Waals surface area contributed by atoms with Gasteiger partial charge in [-0.2, -0.15) is 0 Å². The van der Waals surface area contributed by atoms with Crippen molar-refractivity contribution in [1.82, 2.24) is 5.32 Å². The number of rotatable bonds is 4. The molecule has 0 spiro atoms. The van der Waals surface area contributed by atoms with Gasteiger partial charge in [0.25, 0.3) is 0 Å². The highest BCUT2D eigenvalue weighted by Gasteiger charge is 2.24. The second kappa shape index (κ2) is 5.31. The van der Waals surface area contributed by atoms with Crippen LogP contribution in [-0.4, -0.2) is 23.3 Å². The number of hydrogen-bond donors (Lipinski definition) is 2. The molecular weight excluding hydrogens is 186 g/mol. The van der Waals surface area contributed by atoms with Crippen molar-refractivity contribution in [3.8, 4) is 0 Å². The van der Waals surface area contributed by atoms with Crippen molar-refractivity contribution in [2.24, 2.45) is 5.92 Å². The zero-order valence-corrected chi connectivity index (χ0v) is 9.91. The molecule has 0 aromatic carbocycles. The average Bonchev–Trinajstić information content (AvgIpc) is 2.11. The van der Waals surface area contributed by atoms with E-state index in [2.05, 4.69) is 12.2 Å².